The highest BCUT2D eigenvalue weighted by Gasteiger charge is 2.25. The summed E-state index contributed by atoms with van der Waals surface area (Å²) in [5.74, 6) is 0.370. The lowest BCUT2D eigenvalue weighted by molar-refractivity contribution is 0.383. The van der Waals surface area contributed by atoms with Gasteiger partial charge in [-0.25, -0.2) is 4.39 Å². The number of hydrogen-bond donors (Lipinski definition) is 1. The third-order valence-electron chi connectivity index (χ3n) is 3.46. The van der Waals surface area contributed by atoms with Gasteiger partial charge in [-0.05, 0) is 51.3 Å². The molecule has 0 aliphatic carbocycles. The number of anilines is 1. The molecule has 0 aromatic heterocycles. The molecule has 0 spiro atoms. The quantitative estimate of drug-likeness (QED) is 0.911. The van der Waals surface area contributed by atoms with Crippen molar-refractivity contribution in [3.8, 4) is 0 Å². The molecule has 0 radical (unpaired) electrons. The van der Waals surface area contributed by atoms with E-state index in [0.29, 0.717) is 10.9 Å². The first kappa shape index (κ1) is 14.6. The predicted molar refractivity (Wildman–Crippen MR) is 79.5 cm³/mol. The maximum atomic E-state index is 13.3. The van der Waals surface area contributed by atoms with E-state index in [1.165, 1.54) is 12.1 Å². The SMILES string of the molecule is CC(C)(C)NCC1CCN(c2cc(F)ccc2Cl)C1. The number of rotatable bonds is 3. The smallest absolute Gasteiger partial charge is 0.125 e. The van der Waals surface area contributed by atoms with Crippen LogP contribution in [0.4, 0.5) is 10.1 Å². The minimum atomic E-state index is -0.226. The summed E-state index contributed by atoms with van der Waals surface area (Å²) in [5, 5.41) is 4.16. The molecular weight excluding hydrogens is 263 g/mol. The van der Waals surface area contributed by atoms with Gasteiger partial charge in [-0.3, -0.25) is 0 Å². The first-order chi connectivity index (χ1) is 8.85. The topological polar surface area (TPSA) is 15.3 Å². The summed E-state index contributed by atoms with van der Waals surface area (Å²) in [6, 6.07) is 4.56. The van der Waals surface area contributed by atoms with Crippen LogP contribution in [-0.2, 0) is 0 Å². The van der Waals surface area contributed by atoms with Crippen LogP contribution in [0.3, 0.4) is 0 Å². The lowest BCUT2D eigenvalue weighted by Gasteiger charge is -2.24. The molecule has 1 aromatic carbocycles. The fourth-order valence-corrected chi connectivity index (χ4v) is 2.63. The van der Waals surface area contributed by atoms with Crippen LogP contribution in [0.15, 0.2) is 18.2 Å². The van der Waals surface area contributed by atoms with Gasteiger partial charge in [0.1, 0.15) is 5.82 Å². The molecule has 1 aliphatic heterocycles. The highest BCUT2D eigenvalue weighted by molar-refractivity contribution is 6.33. The van der Waals surface area contributed by atoms with E-state index in [1.54, 1.807) is 6.07 Å². The summed E-state index contributed by atoms with van der Waals surface area (Å²) in [6.07, 6.45) is 1.12. The standard InChI is InChI=1S/C15H22ClFN2/c1-15(2,3)18-9-11-6-7-19(10-11)14-8-12(17)4-5-13(14)16/h4-5,8,11,18H,6-7,9-10H2,1-3H3. The molecule has 1 heterocycles. The average molecular weight is 285 g/mol. The van der Waals surface area contributed by atoms with Gasteiger partial charge in [0.2, 0.25) is 0 Å². The molecule has 1 fully saturated rings. The largest absolute Gasteiger partial charge is 0.370 e. The van der Waals surface area contributed by atoms with Gasteiger partial charge in [-0.15, -0.1) is 0 Å². The Morgan fingerprint density at radius 2 is 2.16 bits per heavy atom. The van der Waals surface area contributed by atoms with E-state index in [1.807, 2.05) is 0 Å². The van der Waals surface area contributed by atoms with Crippen molar-refractivity contribution in [3.63, 3.8) is 0 Å². The number of benzene rings is 1. The van der Waals surface area contributed by atoms with E-state index in [2.05, 4.69) is 31.0 Å². The first-order valence-electron chi connectivity index (χ1n) is 6.80. The van der Waals surface area contributed by atoms with Crippen molar-refractivity contribution < 1.29 is 4.39 Å². The first-order valence-corrected chi connectivity index (χ1v) is 7.18. The average Bonchev–Trinajstić information content (AvgIpc) is 2.77. The van der Waals surface area contributed by atoms with Gasteiger partial charge in [0.15, 0.2) is 0 Å². The second-order valence-electron chi connectivity index (χ2n) is 6.33. The number of nitrogens with zero attached hydrogens (tertiary/aromatic N) is 1. The van der Waals surface area contributed by atoms with Crippen LogP contribution < -0.4 is 10.2 Å². The monoisotopic (exact) mass is 284 g/mol. The van der Waals surface area contributed by atoms with Gasteiger partial charge in [0.05, 0.1) is 10.7 Å². The molecular formula is C15H22ClFN2. The van der Waals surface area contributed by atoms with Gasteiger partial charge >= 0.3 is 0 Å². The second-order valence-corrected chi connectivity index (χ2v) is 6.73. The summed E-state index contributed by atoms with van der Waals surface area (Å²) in [4.78, 5) is 2.18. The number of nitrogens with one attached hydrogen (secondary N) is 1. The van der Waals surface area contributed by atoms with Crippen molar-refractivity contribution in [1.82, 2.24) is 5.32 Å². The minimum Gasteiger partial charge on any atom is -0.370 e. The molecule has 106 valence electrons. The van der Waals surface area contributed by atoms with Crippen molar-refractivity contribution in [3.05, 3.63) is 29.0 Å². The van der Waals surface area contributed by atoms with Crippen LogP contribution in [0.25, 0.3) is 0 Å². The van der Waals surface area contributed by atoms with Crippen LogP contribution >= 0.6 is 11.6 Å². The van der Waals surface area contributed by atoms with E-state index in [-0.39, 0.29) is 11.4 Å². The lowest BCUT2D eigenvalue weighted by atomic mass is 10.1. The predicted octanol–water partition coefficient (Wildman–Crippen LogP) is 3.69. The molecule has 1 atom stereocenters. The molecule has 2 rings (SSSR count). The van der Waals surface area contributed by atoms with Crippen molar-refractivity contribution in [2.24, 2.45) is 5.92 Å². The zero-order valence-corrected chi connectivity index (χ0v) is 12.6. The molecule has 0 bridgehead atoms. The molecule has 2 nitrogen and oxygen atoms in total. The third-order valence-corrected chi connectivity index (χ3v) is 3.78. The van der Waals surface area contributed by atoms with E-state index in [9.17, 15) is 4.39 Å². The van der Waals surface area contributed by atoms with E-state index in [4.69, 9.17) is 11.6 Å². The van der Waals surface area contributed by atoms with Gasteiger partial charge in [0, 0.05) is 25.2 Å². The zero-order valence-electron chi connectivity index (χ0n) is 11.8. The molecule has 19 heavy (non-hydrogen) atoms. The van der Waals surface area contributed by atoms with Crippen LogP contribution in [0, 0.1) is 11.7 Å². The van der Waals surface area contributed by atoms with Crippen molar-refractivity contribution in [2.45, 2.75) is 32.7 Å². The molecule has 1 aromatic rings. The van der Waals surface area contributed by atoms with Gasteiger partial charge < -0.3 is 10.2 Å². The van der Waals surface area contributed by atoms with Crippen LogP contribution in [0.1, 0.15) is 27.2 Å². The molecule has 1 aliphatic rings. The summed E-state index contributed by atoms with van der Waals surface area (Å²) in [5.41, 5.74) is 0.962. The maximum Gasteiger partial charge on any atom is 0.125 e. The van der Waals surface area contributed by atoms with Gasteiger partial charge in [-0.2, -0.15) is 0 Å². The molecule has 4 heteroatoms. The molecule has 1 N–H and O–H groups in total. The van der Waals surface area contributed by atoms with Crippen molar-refractivity contribution in [1.29, 1.82) is 0 Å². The van der Waals surface area contributed by atoms with E-state index >= 15 is 0 Å². The normalized spacial score (nSPS) is 20.1. The Bertz CT molecular complexity index is 442. The number of halogens is 2. The summed E-state index contributed by atoms with van der Waals surface area (Å²) < 4.78 is 13.3. The van der Waals surface area contributed by atoms with Crippen LogP contribution in [0.2, 0.25) is 5.02 Å². The zero-order chi connectivity index (χ0) is 14.0. The lowest BCUT2D eigenvalue weighted by Crippen LogP contribution is -2.39. The molecule has 1 saturated heterocycles. The van der Waals surface area contributed by atoms with Crippen molar-refractivity contribution >= 4 is 17.3 Å². The maximum absolute atomic E-state index is 13.3. The Hall–Kier alpha value is -0.800. The fraction of sp³-hybridized carbons (Fsp3) is 0.600. The van der Waals surface area contributed by atoms with Gasteiger partial charge in [0.25, 0.3) is 0 Å². The third kappa shape index (κ3) is 4.08. The molecule has 1 unspecified atom stereocenters. The highest BCUT2D eigenvalue weighted by atomic mass is 35.5. The van der Waals surface area contributed by atoms with Crippen molar-refractivity contribution in [2.75, 3.05) is 24.5 Å². The Balaban J connectivity index is 1.96. The van der Waals surface area contributed by atoms with Crippen LogP contribution in [-0.4, -0.2) is 25.2 Å². The summed E-state index contributed by atoms with van der Waals surface area (Å²) >= 11 is 6.15. The Kier molecular flexibility index (Phi) is 4.36. The summed E-state index contributed by atoms with van der Waals surface area (Å²) in [6.45, 7) is 9.38. The van der Waals surface area contributed by atoms with E-state index < -0.39 is 0 Å². The van der Waals surface area contributed by atoms with Crippen LogP contribution in [0.5, 0.6) is 0 Å². The Morgan fingerprint density at radius 3 is 2.84 bits per heavy atom. The Labute approximate surface area is 119 Å². The molecule has 0 saturated carbocycles. The second kappa shape index (κ2) is 5.68. The highest BCUT2D eigenvalue weighted by Crippen LogP contribution is 2.31. The van der Waals surface area contributed by atoms with Gasteiger partial charge in [-0.1, -0.05) is 11.6 Å². The van der Waals surface area contributed by atoms with E-state index in [0.717, 1.165) is 31.7 Å². The number of hydrogen-bond acceptors (Lipinski definition) is 2. The fourth-order valence-electron chi connectivity index (χ4n) is 2.40. The molecule has 0 amide bonds. The minimum absolute atomic E-state index is 0.143. The Morgan fingerprint density at radius 1 is 1.42 bits per heavy atom. The summed E-state index contributed by atoms with van der Waals surface area (Å²) in [7, 11) is 0.